The van der Waals surface area contributed by atoms with Crippen molar-refractivity contribution in [2.45, 2.75) is 202 Å². The van der Waals surface area contributed by atoms with Crippen molar-refractivity contribution in [3.8, 4) is 0 Å². The van der Waals surface area contributed by atoms with Crippen LogP contribution in [-0.2, 0) is 106 Å². The Morgan fingerprint density at radius 3 is 1.63 bits per heavy atom. The van der Waals surface area contributed by atoms with Crippen LogP contribution in [0.15, 0.2) is 187 Å². The number of rotatable bonds is 28. The molecule has 22 heteroatoms. The fourth-order valence-electron chi connectivity index (χ4n) is 13.5. The molecule has 97 heavy (non-hydrogen) atoms. The third-order valence-corrected chi connectivity index (χ3v) is 23.2. The molecule has 5 aliphatic rings. The van der Waals surface area contributed by atoms with Crippen molar-refractivity contribution in [1.82, 2.24) is 0 Å². The zero-order valence-electron chi connectivity index (χ0n) is 56.2. The largest absolute Gasteiger partial charge is 0.469 e. The Hall–Kier alpha value is -6.77. The van der Waals surface area contributed by atoms with E-state index in [1.807, 2.05) is 152 Å². The molecule has 518 valence electrons. The van der Waals surface area contributed by atoms with Gasteiger partial charge in [-0.2, -0.15) is 0 Å². The number of unbranched alkanes of at least 4 members (excludes halogenated alkanes) is 2. The summed E-state index contributed by atoms with van der Waals surface area (Å²) in [7, 11) is -1.87. The van der Waals surface area contributed by atoms with Crippen LogP contribution in [0.3, 0.4) is 0 Å². The van der Waals surface area contributed by atoms with Crippen LogP contribution >= 0.6 is 0 Å². The number of hydrogen-bond donors (Lipinski definition) is 0. The van der Waals surface area contributed by atoms with Gasteiger partial charge in [0, 0.05) is 33.6 Å². The van der Waals surface area contributed by atoms with Crippen LogP contribution in [0.1, 0.15) is 112 Å². The van der Waals surface area contributed by atoms with E-state index in [4.69, 9.17) is 75.2 Å². The summed E-state index contributed by atoms with van der Waals surface area (Å²) in [6, 6.07) is 55.8. The molecule has 5 heterocycles. The van der Waals surface area contributed by atoms with E-state index < -0.39 is 123 Å². The second kappa shape index (κ2) is 33.9. The van der Waals surface area contributed by atoms with Gasteiger partial charge in [0.05, 0.1) is 58.9 Å². The number of fused-ring (bicyclic) bond motifs is 2. The number of carbonyl (C=O) groups is 2. The molecular formula is C75H91N3O18Si. The summed E-state index contributed by atoms with van der Waals surface area (Å²) in [5, 5.41) is 3.52. The van der Waals surface area contributed by atoms with E-state index in [2.05, 4.69) is 51.6 Å². The molecule has 21 nitrogen and oxygen atoms in total. The molecule has 6 aromatic rings. The molecular weight excluding hydrogens is 1260 g/mol. The summed E-state index contributed by atoms with van der Waals surface area (Å²) in [6.07, 6.45) is -14.7. The SMILES string of the molecule is COC(=O)CCCCCO[C@H]1O[C@@H]2COC(c3ccccc3)O[C@@H]2[C@H](O[C@@H]2O[C@H](COCc3ccccc3)[C@H](O[C@H]3O[C@@H]4CO[Si](C(C)(C)C)(C(C)(C)C)O[C@@H]4[C@H](OCc4ccccc4)[C@H]3OCc3ccccc3)[C@H](OCc3ccccc3)[C@H]2OC(=O)c2ccccc2)[C@H]1N=[N+]=[N-]. The van der Waals surface area contributed by atoms with Crippen molar-refractivity contribution in [3.63, 3.8) is 0 Å². The molecule has 0 radical (unpaired) electrons. The highest BCUT2D eigenvalue weighted by Crippen LogP contribution is 2.56. The first-order valence-corrected chi connectivity index (χ1v) is 35.4. The summed E-state index contributed by atoms with van der Waals surface area (Å²) in [4.78, 5) is 30.5. The molecule has 0 aliphatic carbocycles. The summed E-state index contributed by atoms with van der Waals surface area (Å²) in [5.41, 5.74) is 15.0. The number of carbonyl (C=O) groups excluding carboxylic acids is 2. The molecule has 6 aromatic carbocycles. The number of hydrogen-bond acceptors (Lipinski definition) is 19. The van der Waals surface area contributed by atoms with Crippen molar-refractivity contribution in [1.29, 1.82) is 0 Å². The van der Waals surface area contributed by atoms with Gasteiger partial charge in [0.2, 0.25) is 0 Å². The highest BCUT2D eigenvalue weighted by molar-refractivity contribution is 6.73. The van der Waals surface area contributed by atoms with Gasteiger partial charge in [-0.05, 0) is 52.8 Å². The Morgan fingerprint density at radius 2 is 1.05 bits per heavy atom. The first kappa shape index (κ1) is 71.5. The van der Waals surface area contributed by atoms with Gasteiger partial charge in [-0.25, -0.2) is 4.79 Å². The Kier molecular flexibility index (Phi) is 25.0. The molecule has 1 unspecified atom stereocenters. The van der Waals surface area contributed by atoms with E-state index in [9.17, 15) is 10.3 Å². The maximum Gasteiger partial charge on any atom is 0.349 e. The highest BCUT2D eigenvalue weighted by atomic mass is 28.4. The number of esters is 2. The average Bonchev–Trinajstić information content (AvgIpc) is 0.735. The first-order valence-electron chi connectivity index (χ1n) is 33.6. The molecule has 0 spiro atoms. The lowest BCUT2D eigenvalue weighted by Crippen LogP contribution is -2.72. The van der Waals surface area contributed by atoms with Crippen molar-refractivity contribution >= 4 is 20.5 Å². The summed E-state index contributed by atoms with van der Waals surface area (Å²) >= 11 is 0. The van der Waals surface area contributed by atoms with Gasteiger partial charge < -0.3 is 75.2 Å². The lowest BCUT2D eigenvalue weighted by molar-refractivity contribution is -0.393. The minimum Gasteiger partial charge on any atom is -0.469 e. The van der Waals surface area contributed by atoms with E-state index >= 15 is 4.79 Å². The first-order chi connectivity index (χ1) is 47.1. The number of azide groups is 1. The van der Waals surface area contributed by atoms with Crippen LogP contribution in [0.25, 0.3) is 10.4 Å². The average molecular weight is 1350 g/mol. The molecule has 5 aliphatic heterocycles. The maximum absolute atomic E-state index is 15.1. The zero-order valence-corrected chi connectivity index (χ0v) is 57.2. The Labute approximate surface area is 569 Å². The van der Waals surface area contributed by atoms with E-state index in [1.165, 1.54) is 7.11 Å². The van der Waals surface area contributed by atoms with Crippen LogP contribution in [0.5, 0.6) is 0 Å². The molecule has 16 atom stereocenters. The fourth-order valence-corrected chi connectivity index (χ4v) is 18.4. The standard InChI is InChI=1S/C75H91N3O18Si/c1-74(2,3)97(75(4,5)6)88-49-58-63(96-97)66(85-45-52-33-19-10-20-34-52)67(86-46-53-35-21-11-22-36-53)72(91-58)94-62-56(47-82-43-50-29-15-8-16-30-50)90-73(68(92-69(80)54-37-23-12-24-38-54)65(62)84-44-51-31-17-9-18-32-51)95-64-60(77-78-76)71(83-42-28-14-27-41-59(79)81-7)89-57-48-87-70(93-61(57)64)55-39-25-13-26-40-55/h8-13,15-26,29-40,56-58,60-68,70-73H,14,27-28,41-49H2,1-7H3/t56-,57-,58-,60-,61+,62+,63+,64-,65+,66+,67-,68-,70?,71+,72-,73+/m1/s1. The van der Waals surface area contributed by atoms with E-state index in [0.29, 0.717) is 24.8 Å². The molecule has 5 saturated heterocycles. The van der Waals surface area contributed by atoms with Crippen LogP contribution in [0, 0.1) is 0 Å². The van der Waals surface area contributed by atoms with Crippen LogP contribution in [0.2, 0.25) is 10.1 Å². The number of nitrogens with zero attached hydrogens (tertiary/aromatic N) is 3. The van der Waals surface area contributed by atoms with Crippen LogP contribution < -0.4 is 0 Å². The van der Waals surface area contributed by atoms with Gasteiger partial charge in [-0.15, -0.1) is 0 Å². The number of ether oxygens (including phenoxy) is 14. The number of methoxy groups -OCH3 is 1. The van der Waals surface area contributed by atoms with Gasteiger partial charge in [0.25, 0.3) is 0 Å². The van der Waals surface area contributed by atoms with Crippen LogP contribution in [-0.4, -0.2) is 146 Å². The third-order valence-electron chi connectivity index (χ3n) is 18.1. The van der Waals surface area contributed by atoms with Gasteiger partial charge in [-0.1, -0.05) is 223 Å². The normalized spacial score (nSPS) is 28.6. The molecule has 0 N–H and O–H groups in total. The van der Waals surface area contributed by atoms with E-state index in [-0.39, 0.29) is 70.8 Å². The van der Waals surface area contributed by atoms with Crippen LogP contribution in [0.4, 0.5) is 0 Å². The number of benzene rings is 6. The van der Waals surface area contributed by atoms with E-state index in [1.54, 1.807) is 30.3 Å². The minimum absolute atomic E-state index is 0.0111. The molecule has 5 fully saturated rings. The summed E-state index contributed by atoms with van der Waals surface area (Å²) in [6.45, 7) is 13.6. The predicted molar refractivity (Wildman–Crippen MR) is 358 cm³/mol. The zero-order chi connectivity index (χ0) is 67.8. The molecule has 0 aromatic heterocycles. The Morgan fingerprint density at radius 1 is 0.536 bits per heavy atom. The Bertz CT molecular complexity index is 3410. The van der Waals surface area contributed by atoms with Gasteiger partial charge in [0.1, 0.15) is 67.1 Å². The van der Waals surface area contributed by atoms with Crippen molar-refractivity contribution in [2.75, 3.05) is 33.5 Å². The fraction of sp³-hybridized carbons (Fsp3) is 0.493. The van der Waals surface area contributed by atoms with Crippen molar-refractivity contribution in [3.05, 3.63) is 226 Å². The van der Waals surface area contributed by atoms with Crippen molar-refractivity contribution in [2.24, 2.45) is 5.11 Å². The monoisotopic (exact) mass is 1350 g/mol. The van der Waals surface area contributed by atoms with Gasteiger partial charge >= 0.3 is 20.5 Å². The molecule has 11 rings (SSSR count). The van der Waals surface area contributed by atoms with Gasteiger partial charge in [-0.3, -0.25) is 4.79 Å². The molecule has 0 saturated carbocycles. The predicted octanol–water partition coefficient (Wildman–Crippen LogP) is 13.1. The molecule has 0 bridgehead atoms. The lowest BCUT2D eigenvalue weighted by atomic mass is 9.94. The highest BCUT2D eigenvalue weighted by Gasteiger charge is 2.66. The second-order valence-corrected chi connectivity index (χ2v) is 31.7. The lowest BCUT2D eigenvalue weighted by Gasteiger charge is -2.58. The van der Waals surface area contributed by atoms with E-state index in [0.717, 1.165) is 22.3 Å². The quantitative estimate of drug-likeness (QED) is 0.0111. The topological polar surface area (TPSA) is 231 Å². The Balaban J connectivity index is 1.03. The summed E-state index contributed by atoms with van der Waals surface area (Å²) < 4.78 is 111. The second-order valence-electron chi connectivity index (χ2n) is 27.0. The van der Waals surface area contributed by atoms with Crippen molar-refractivity contribution < 1.29 is 84.8 Å². The minimum atomic E-state index is -3.22. The molecule has 0 amide bonds. The maximum atomic E-state index is 15.1. The van der Waals surface area contributed by atoms with Gasteiger partial charge in [0.15, 0.2) is 31.3 Å². The third kappa shape index (κ3) is 18.0. The summed E-state index contributed by atoms with van der Waals surface area (Å²) in [5.74, 6) is -1.04. The smallest absolute Gasteiger partial charge is 0.349 e.